The number of hydrogen-bond acceptors (Lipinski definition) is 9. The molecule has 1 heterocycles. The predicted molar refractivity (Wildman–Crippen MR) is 132 cm³/mol. The standard InChI is InChI=1S/C27H26O9/c1-14(2)7-9-19-22(35-16(4)29)12-24-25(27(19)36-17(5)30)26(31)20(13-33-24)18-8-10-21(34-15(3)28)23(11-18)32-6/h7-8,10-13H,9H2,1-6H3. The fraction of sp³-hybridized carbons (Fsp3) is 0.259. The van der Waals surface area contributed by atoms with Crippen molar-refractivity contribution >= 4 is 28.9 Å². The Kier molecular flexibility index (Phi) is 7.93. The van der Waals surface area contributed by atoms with Crippen LogP contribution in [0.4, 0.5) is 0 Å². The van der Waals surface area contributed by atoms with Crippen LogP contribution in [0.25, 0.3) is 22.1 Å². The molecule has 0 amide bonds. The molecule has 2 aromatic carbocycles. The van der Waals surface area contributed by atoms with E-state index in [4.69, 9.17) is 23.4 Å². The van der Waals surface area contributed by atoms with Gasteiger partial charge in [0.25, 0.3) is 0 Å². The van der Waals surface area contributed by atoms with E-state index in [9.17, 15) is 19.2 Å². The predicted octanol–water partition coefficient (Wildman–Crippen LogP) is 4.75. The van der Waals surface area contributed by atoms with Crippen molar-refractivity contribution in [2.75, 3.05) is 7.11 Å². The Hall–Kier alpha value is -4.40. The summed E-state index contributed by atoms with van der Waals surface area (Å²) in [6, 6.07) is 6.02. The molecule has 3 aromatic rings. The van der Waals surface area contributed by atoms with Crippen molar-refractivity contribution in [3.05, 3.63) is 58.0 Å². The smallest absolute Gasteiger partial charge is 0.308 e. The van der Waals surface area contributed by atoms with E-state index < -0.39 is 23.3 Å². The third-order valence-corrected chi connectivity index (χ3v) is 5.02. The number of carbonyl (C=O) groups is 3. The number of methoxy groups -OCH3 is 1. The number of ether oxygens (including phenoxy) is 4. The molecule has 1 aromatic heterocycles. The summed E-state index contributed by atoms with van der Waals surface area (Å²) in [5.41, 5.74) is 1.47. The van der Waals surface area contributed by atoms with Crippen molar-refractivity contribution in [3.8, 4) is 34.1 Å². The molecule has 0 radical (unpaired) electrons. The molecule has 0 aliphatic carbocycles. The van der Waals surface area contributed by atoms with Gasteiger partial charge < -0.3 is 23.4 Å². The Bertz CT molecular complexity index is 1440. The van der Waals surface area contributed by atoms with Crippen LogP contribution in [-0.2, 0) is 20.8 Å². The summed E-state index contributed by atoms with van der Waals surface area (Å²) >= 11 is 0. The van der Waals surface area contributed by atoms with E-state index in [1.54, 1.807) is 6.07 Å². The van der Waals surface area contributed by atoms with Gasteiger partial charge in [0.1, 0.15) is 23.0 Å². The topological polar surface area (TPSA) is 118 Å². The Morgan fingerprint density at radius 2 is 1.50 bits per heavy atom. The summed E-state index contributed by atoms with van der Waals surface area (Å²) in [5.74, 6) is -1.27. The van der Waals surface area contributed by atoms with Crippen LogP contribution in [0.2, 0.25) is 0 Å². The van der Waals surface area contributed by atoms with Crippen molar-refractivity contribution in [2.24, 2.45) is 0 Å². The normalized spacial score (nSPS) is 10.5. The van der Waals surface area contributed by atoms with Gasteiger partial charge in [-0.15, -0.1) is 0 Å². The molecular weight excluding hydrogens is 468 g/mol. The van der Waals surface area contributed by atoms with Crippen molar-refractivity contribution in [2.45, 2.75) is 41.0 Å². The van der Waals surface area contributed by atoms with Gasteiger partial charge in [-0.3, -0.25) is 19.2 Å². The highest BCUT2D eigenvalue weighted by molar-refractivity contribution is 5.93. The average molecular weight is 494 g/mol. The third-order valence-electron chi connectivity index (χ3n) is 5.02. The summed E-state index contributed by atoms with van der Waals surface area (Å²) in [4.78, 5) is 48.9. The van der Waals surface area contributed by atoms with Crippen LogP contribution < -0.4 is 24.4 Å². The molecule has 0 aliphatic rings. The average Bonchev–Trinajstić information content (AvgIpc) is 2.78. The summed E-state index contributed by atoms with van der Waals surface area (Å²) in [6.07, 6.45) is 3.33. The van der Waals surface area contributed by atoms with Crippen molar-refractivity contribution in [1.82, 2.24) is 0 Å². The van der Waals surface area contributed by atoms with E-state index in [-0.39, 0.29) is 46.0 Å². The van der Waals surface area contributed by atoms with Gasteiger partial charge in [-0.2, -0.15) is 0 Å². The molecule has 3 rings (SSSR count). The molecule has 0 spiro atoms. The van der Waals surface area contributed by atoms with E-state index in [0.29, 0.717) is 11.1 Å². The van der Waals surface area contributed by atoms with Gasteiger partial charge in [-0.25, -0.2) is 0 Å². The van der Waals surface area contributed by atoms with Crippen molar-refractivity contribution in [3.63, 3.8) is 0 Å². The van der Waals surface area contributed by atoms with Crippen LogP contribution in [0.5, 0.6) is 23.0 Å². The van der Waals surface area contributed by atoms with Gasteiger partial charge >= 0.3 is 17.9 Å². The molecular formula is C27H26O9. The van der Waals surface area contributed by atoms with Gasteiger partial charge in [0.05, 0.1) is 12.7 Å². The molecule has 0 saturated carbocycles. The zero-order valence-electron chi connectivity index (χ0n) is 20.8. The maximum absolute atomic E-state index is 13.7. The van der Waals surface area contributed by atoms with Crippen LogP contribution in [-0.4, -0.2) is 25.0 Å². The molecule has 188 valence electrons. The van der Waals surface area contributed by atoms with Crippen LogP contribution in [0, 0.1) is 0 Å². The van der Waals surface area contributed by atoms with Crippen LogP contribution in [0.1, 0.15) is 40.2 Å². The van der Waals surface area contributed by atoms with Gasteiger partial charge in [-0.1, -0.05) is 17.7 Å². The number of allylic oxidation sites excluding steroid dienone is 2. The van der Waals surface area contributed by atoms with Crippen LogP contribution in [0.3, 0.4) is 0 Å². The van der Waals surface area contributed by atoms with Gasteiger partial charge in [0.2, 0.25) is 5.43 Å². The lowest BCUT2D eigenvalue weighted by Gasteiger charge is -2.16. The molecule has 0 saturated heterocycles. The zero-order valence-corrected chi connectivity index (χ0v) is 20.8. The minimum atomic E-state index is -0.660. The van der Waals surface area contributed by atoms with Gasteiger partial charge in [-0.05, 0) is 38.0 Å². The highest BCUT2D eigenvalue weighted by Gasteiger charge is 2.24. The second kappa shape index (κ2) is 10.9. The first-order valence-corrected chi connectivity index (χ1v) is 11.0. The second-order valence-corrected chi connectivity index (χ2v) is 8.17. The van der Waals surface area contributed by atoms with Crippen molar-refractivity contribution in [1.29, 1.82) is 0 Å². The summed E-state index contributed by atoms with van der Waals surface area (Å²) in [7, 11) is 1.40. The molecule has 0 atom stereocenters. The monoisotopic (exact) mass is 494 g/mol. The first-order valence-electron chi connectivity index (χ1n) is 11.0. The number of hydrogen-bond donors (Lipinski definition) is 0. The Labute approximate surface area is 207 Å². The number of benzene rings is 2. The van der Waals surface area contributed by atoms with Crippen LogP contribution >= 0.6 is 0 Å². The largest absolute Gasteiger partial charge is 0.493 e. The summed E-state index contributed by atoms with van der Waals surface area (Å²) in [6.45, 7) is 7.49. The van der Waals surface area contributed by atoms with E-state index in [1.807, 2.05) is 19.9 Å². The fourth-order valence-electron chi connectivity index (χ4n) is 3.55. The molecule has 9 nitrogen and oxygen atoms in total. The lowest BCUT2D eigenvalue weighted by Crippen LogP contribution is -2.13. The molecule has 9 heteroatoms. The maximum Gasteiger partial charge on any atom is 0.308 e. The Morgan fingerprint density at radius 1 is 0.861 bits per heavy atom. The maximum atomic E-state index is 13.7. The second-order valence-electron chi connectivity index (χ2n) is 8.17. The minimum absolute atomic E-state index is 0.0128. The number of carbonyl (C=O) groups excluding carboxylic acids is 3. The highest BCUT2D eigenvalue weighted by Crippen LogP contribution is 2.39. The van der Waals surface area contributed by atoms with Crippen molar-refractivity contribution < 1.29 is 37.7 Å². The van der Waals surface area contributed by atoms with Crippen LogP contribution in [0.15, 0.2) is 51.4 Å². The quantitative estimate of drug-likeness (QED) is 0.260. The van der Waals surface area contributed by atoms with E-state index in [2.05, 4.69) is 0 Å². The molecule has 0 N–H and O–H groups in total. The van der Waals surface area contributed by atoms with Gasteiger partial charge in [0, 0.05) is 32.4 Å². The third kappa shape index (κ3) is 5.80. The summed E-state index contributed by atoms with van der Waals surface area (Å²) in [5, 5.41) is 0.0128. The lowest BCUT2D eigenvalue weighted by atomic mass is 10.0. The van der Waals surface area contributed by atoms with E-state index >= 15 is 0 Å². The summed E-state index contributed by atoms with van der Waals surface area (Å²) < 4.78 is 27.0. The SMILES string of the molecule is COc1cc(-c2coc3cc(OC(C)=O)c(CC=C(C)C)c(OC(C)=O)c3c2=O)ccc1OC(C)=O. The lowest BCUT2D eigenvalue weighted by molar-refractivity contribution is -0.133. The minimum Gasteiger partial charge on any atom is -0.493 e. The number of esters is 3. The molecule has 0 fully saturated rings. The molecule has 0 bridgehead atoms. The van der Waals surface area contributed by atoms with E-state index in [0.717, 1.165) is 5.57 Å². The molecule has 0 aliphatic heterocycles. The highest BCUT2D eigenvalue weighted by atomic mass is 16.6. The first kappa shape index (κ1) is 26.2. The zero-order chi connectivity index (χ0) is 26.6. The van der Waals surface area contributed by atoms with E-state index in [1.165, 1.54) is 52.3 Å². The Balaban J connectivity index is 2.33. The number of fused-ring (bicyclic) bond motifs is 1. The molecule has 36 heavy (non-hydrogen) atoms. The van der Waals surface area contributed by atoms with Gasteiger partial charge in [0.15, 0.2) is 17.2 Å². The first-order chi connectivity index (χ1) is 17.0. The number of rotatable bonds is 7. The fourth-order valence-corrected chi connectivity index (χ4v) is 3.55. The Morgan fingerprint density at radius 3 is 2.08 bits per heavy atom. The molecule has 0 unspecified atom stereocenters.